The fourth-order valence-electron chi connectivity index (χ4n) is 2.39. The highest BCUT2D eigenvalue weighted by Crippen LogP contribution is 2.26. The number of amides is 1. The van der Waals surface area contributed by atoms with Crippen molar-refractivity contribution in [2.24, 2.45) is 0 Å². The number of carboxylic acids is 1. The number of aromatic nitrogens is 3. The Labute approximate surface area is 191 Å². The molecule has 0 bridgehead atoms. The minimum Gasteiger partial charge on any atom is -0.475 e. The second kappa shape index (κ2) is 11.1. The van der Waals surface area contributed by atoms with Gasteiger partial charge in [-0.2, -0.15) is 18.3 Å². The zero-order valence-electron chi connectivity index (χ0n) is 17.1. The third-order valence-electron chi connectivity index (χ3n) is 3.90. The minimum atomic E-state index is -5.08. The number of pyridine rings is 1. The fraction of sp³-hybridized carbons (Fsp3) is 0.150. The molecular formula is C20H14F6N4O5. The van der Waals surface area contributed by atoms with Crippen molar-refractivity contribution in [2.75, 3.05) is 0 Å². The van der Waals surface area contributed by atoms with E-state index in [1.54, 1.807) is 12.1 Å². The van der Waals surface area contributed by atoms with Gasteiger partial charge in [0.25, 0.3) is 11.5 Å². The molecule has 35 heavy (non-hydrogen) atoms. The Balaban J connectivity index is 0.000000540. The molecule has 2 heterocycles. The number of nitrogens with one attached hydrogen (secondary N) is 2. The van der Waals surface area contributed by atoms with E-state index in [1.807, 2.05) is 0 Å². The van der Waals surface area contributed by atoms with E-state index < -0.39 is 35.7 Å². The maximum Gasteiger partial charge on any atom is 0.573 e. The third kappa shape index (κ3) is 8.45. The molecule has 15 heteroatoms. The second-order valence-electron chi connectivity index (χ2n) is 6.37. The van der Waals surface area contributed by atoms with Gasteiger partial charge in [0.05, 0.1) is 5.69 Å². The van der Waals surface area contributed by atoms with Gasteiger partial charge in [-0.1, -0.05) is 18.2 Å². The predicted octanol–water partition coefficient (Wildman–Crippen LogP) is 3.29. The van der Waals surface area contributed by atoms with Gasteiger partial charge in [0.15, 0.2) is 0 Å². The van der Waals surface area contributed by atoms with Crippen molar-refractivity contribution in [1.82, 2.24) is 20.5 Å². The number of ether oxygens (including phenoxy) is 1. The second-order valence-corrected chi connectivity index (χ2v) is 6.37. The number of para-hydroxylation sites is 1. The lowest BCUT2D eigenvalue weighted by Gasteiger charge is -2.13. The van der Waals surface area contributed by atoms with Crippen molar-refractivity contribution in [3.8, 4) is 17.0 Å². The van der Waals surface area contributed by atoms with E-state index >= 15 is 0 Å². The third-order valence-corrected chi connectivity index (χ3v) is 3.90. The van der Waals surface area contributed by atoms with E-state index in [0.29, 0.717) is 11.3 Å². The largest absolute Gasteiger partial charge is 0.573 e. The molecule has 3 aromatic rings. The lowest BCUT2D eigenvalue weighted by molar-refractivity contribution is -0.274. The van der Waals surface area contributed by atoms with Gasteiger partial charge >= 0.3 is 18.5 Å². The van der Waals surface area contributed by atoms with Crippen LogP contribution in [0.3, 0.4) is 0 Å². The van der Waals surface area contributed by atoms with Gasteiger partial charge in [-0.3, -0.25) is 14.6 Å². The number of alkyl halides is 6. The summed E-state index contributed by atoms with van der Waals surface area (Å²) in [5, 5.41) is 15.6. The zero-order chi connectivity index (χ0) is 26.2. The van der Waals surface area contributed by atoms with E-state index in [-0.39, 0.29) is 17.7 Å². The molecule has 186 valence electrons. The molecule has 3 rings (SSSR count). The quantitative estimate of drug-likeness (QED) is 0.454. The predicted molar refractivity (Wildman–Crippen MR) is 106 cm³/mol. The summed E-state index contributed by atoms with van der Waals surface area (Å²) >= 11 is 0. The normalized spacial score (nSPS) is 11.1. The Bertz CT molecular complexity index is 1230. The van der Waals surface area contributed by atoms with Gasteiger partial charge in [-0.25, -0.2) is 9.89 Å². The van der Waals surface area contributed by atoms with Gasteiger partial charge in [-0.05, 0) is 24.3 Å². The number of hydrogen-bond acceptors (Lipinski definition) is 6. The summed E-state index contributed by atoms with van der Waals surface area (Å²) in [6.07, 6.45) is -6.89. The zero-order valence-corrected chi connectivity index (χ0v) is 17.1. The lowest BCUT2D eigenvalue weighted by Crippen LogP contribution is -2.30. The summed E-state index contributed by atoms with van der Waals surface area (Å²) in [5.74, 6) is -3.95. The number of nitrogens with zero attached hydrogens (tertiary/aromatic N) is 2. The van der Waals surface area contributed by atoms with Crippen molar-refractivity contribution in [3.63, 3.8) is 0 Å². The molecular weight excluding hydrogens is 490 g/mol. The SMILES string of the molecule is O=C(NCc1ccccc1OC(F)(F)F)c1cc(-c2ccncc2)n[nH]c1=O.O=C(O)C(F)(F)F. The molecule has 2 aromatic heterocycles. The molecule has 0 unspecified atom stereocenters. The number of aliphatic carboxylic acids is 1. The average Bonchev–Trinajstić information content (AvgIpc) is 2.78. The number of carbonyl (C=O) groups excluding carboxylic acids is 1. The van der Waals surface area contributed by atoms with E-state index in [0.717, 1.165) is 6.07 Å². The molecule has 0 aliphatic heterocycles. The number of aromatic amines is 1. The van der Waals surface area contributed by atoms with Crippen LogP contribution in [-0.4, -0.2) is 44.7 Å². The highest BCUT2D eigenvalue weighted by molar-refractivity contribution is 5.94. The van der Waals surface area contributed by atoms with Crippen LogP contribution in [0.1, 0.15) is 15.9 Å². The molecule has 0 fully saturated rings. The van der Waals surface area contributed by atoms with Gasteiger partial charge in [-0.15, -0.1) is 13.2 Å². The molecule has 1 aromatic carbocycles. The Hall–Kier alpha value is -4.43. The van der Waals surface area contributed by atoms with Crippen LogP contribution in [0, 0.1) is 0 Å². The Morgan fingerprint density at radius 3 is 2.20 bits per heavy atom. The number of rotatable bonds is 5. The summed E-state index contributed by atoms with van der Waals surface area (Å²) in [6.45, 7) is -0.266. The van der Waals surface area contributed by atoms with E-state index in [4.69, 9.17) is 9.90 Å². The van der Waals surface area contributed by atoms with Gasteiger partial charge in [0, 0.05) is 30.1 Å². The van der Waals surface area contributed by atoms with Crippen LogP contribution in [0.25, 0.3) is 11.3 Å². The number of H-pyrrole nitrogens is 1. The summed E-state index contributed by atoms with van der Waals surface area (Å²) < 4.78 is 73.1. The summed E-state index contributed by atoms with van der Waals surface area (Å²) in [5.41, 5.74) is 0.122. The van der Waals surface area contributed by atoms with Crippen LogP contribution in [0.5, 0.6) is 5.75 Å². The lowest BCUT2D eigenvalue weighted by atomic mass is 10.1. The van der Waals surface area contributed by atoms with Gasteiger partial charge < -0.3 is 15.2 Å². The summed E-state index contributed by atoms with van der Waals surface area (Å²) in [6, 6.07) is 9.98. The Morgan fingerprint density at radius 1 is 1.03 bits per heavy atom. The first kappa shape index (κ1) is 26.8. The van der Waals surface area contributed by atoms with E-state index in [9.17, 15) is 35.9 Å². The number of halogens is 6. The molecule has 0 aliphatic rings. The number of carboxylic acid groups (broad SMARTS) is 1. The van der Waals surface area contributed by atoms with Crippen LogP contribution in [-0.2, 0) is 11.3 Å². The van der Waals surface area contributed by atoms with Crippen molar-refractivity contribution in [2.45, 2.75) is 19.1 Å². The monoisotopic (exact) mass is 504 g/mol. The first-order valence-electron chi connectivity index (χ1n) is 9.20. The van der Waals surface area contributed by atoms with Gasteiger partial charge in [0.2, 0.25) is 0 Å². The molecule has 0 saturated heterocycles. The van der Waals surface area contributed by atoms with Crippen molar-refractivity contribution in [1.29, 1.82) is 0 Å². The smallest absolute Gasteiger partial charge is 0.475 e. The first-order valence-corrected chi connectivity index (χ1v) is 9.20. The standard InChI is InChI=1S/C18H13F3N4O3.C2HF3O2/c19-18(20,21)28-15-4-2-1-3-12(15)10-23-16(26)13-9-14(24-25-17(13)27)11-5-7-22-8-6-11;3-2(4,5)1(6)7/h1-9H,10H2,(H,23,26)(H,25,27);(H,6,7). The van der Waals surface area contributed by atoms with Crippen LogP contribution < -0.4 is 15.6 Å². The van der Waals surface area contributed by atoms with Crippen LogP contribution in [0.2, 0.25) is 0 Å². The van der Waals surface area contributed by atoms with E-state index in [2.05, 4.69) is 25.2 Å². The molecule has 3 N–H and O–H groups in total. The van der Waals surface area contributed by atoms with Crippen LogP contribution in [0.15, 0.2) is 59.7 Å². The molecule has 0 radical (unpaired) electrons. The molecule has 0 spiro atoms. The molecule has 0 aliphatic carbocycles. The number of hydrogen-bond donors (Lipinski definition) is 3. The highest BCUT2D eigenvalue weighted by Gasteiger charge is 2.38. The molecule has 0 saturated carbocycles. The maximum absolute atomic E-state index is 12.5. The van der Waals surface area contributed by atoms with Crippen molar-refractivity contribution < 1.29 is 45.8 Å². The van der Waals surface area contributed by atoms with Crippen LogP contribution >= 0.6 is 0 Å². The van der Waals surface area contributed by atoms with E-state index in [1.165, 1.54) is 36.7 Å². The first-order chi connectivity index (χ1) is 16.3. The summed E-state index contributed by atoms with van der Waals surface area (Å²) in [4.78, 5) is 37.1. The van der Waals surface area contributed by atoms with Crippen molar-refractivity contribution in [3.05, 3.63) is 76.3 Å². The highest BCUT2D eigenvalue weighted by atomic mass is 19.4. The van der Waals surface area contributed by atoms with Crippen molar-refractivity contribution >= 4 is 11.9 Å². The maximum atomic E-state index is 12.5. The Kier molecular flexibility index (Phi) is 8.53. The molecule has 1 amide bonds. The average molecular weight is 504 g/mol. The number of carbonyl (C=O) groups is 2. The Morgan fingerprint density at radius 2 is 1.63 bits per heavy atom. The number of benzene rings is 1. The molecule has 9 nitrogen and oxygen atoms in total. The minimum absolute atomic E-state index is 0.105. The van der Waals surface area contributed by atoms with Gasteiger partial charge in [0.1, 0.15) is 11.3 Å². The molecule has 0 atom stereocenters. The fourth-order valence-corrected chi connectivity index (χ4v) is 2.39. The van der Waals surface area contributed by atoms with Crippen LogP contribution in [0.4, 0.5) is 26.3 Å². The summed E-state index contributed by atoms with van der Waals surface area (Å²) in [7, 11) is 0. The topological polar surface area (TPSA) is 134 Å².